The van der Waals surface area contributed by atoms with E-state index in [1.54, 1.807) is 0 Å². The summed E-state index contributed by atoms with van der Waals surface area (Å²) in [6.45, 7) is 2.37. The summed E-state index contributed by atoms with van der Waals surface area (Å²) in [5.41, 5.74) is 0. The molecule has 1 saturated heterocycles. The van der Waals surface area contributed by atoms with Crippen molar-refractivity contribution < 1.29 is 14.6 Å². The SMILES string of the molecule is OCCCC1COCCO1. The van der Waals surface area contributed by atoms with Gasteiger partial charge < -0.3 is 14.6 Å². The minimum absolute atomic E-state index is 0.223. The third-order valence-corrected chi connectivity index (χ3v) is 1.57. The van der Waals surface area contributed by atoms with Crippen LogP contribution in [0.4, 0.5) is 0 Å². The monoisotopic (exact) mass is 146 g/mol. The van der Waals surface area contributed by atoms with Gasteiger partial charge in [-0.05, 0) is 12.8 Å². The maximum absolute atomic E-state index is 8.50. The molecular formula is C7H14O3. The van der Waals surface area contributed by atoms with Gasteiger partial charge in [-0.2, -0.15) is 0 Å². The quantitative estimate of drug-likeness (QED) is 0.617. The number of hydrogen-bond donors (Lipinski definition) is 1. The largest absolute Gasteiger partial charge is 0.396 e. The Bertz CT molecular complexity index is 78.9. The fraction of sp³-hybridized carbons (Fsp3) is 1.00. The highest BCUT2D eigenvalue weighted by atomic mass is 16.6. The lowest BCUT2D eigenvalue weighted by Gasteiger charge is -2.22. The van der Waals surface area contributed by atoms with E-state index in [-0.39, 0.29) is 12.7 Å². The predicted octanol–water partition coefficient (Wildman–Crippen LogP) is 0.174. The van der Waals surface area contributed by atoms with Gasteiger partial charge in [-0.1, -0.05) is 0 Å². The zero-order valence-electron chi connectivity index (χ0n) is 6.08. The molecule has 0 aromatic carbocycles. The van der Waals surface area contributed by atoms with E-state index in [4.69, 9.17) is 14.6 Å². The molecule has 60 valence electrons. The Labute approximate surface area is 60.9 Å². The Morgan fingerprint density at radius 2 is 2.30 bits per heavy atom. The van der Waals surface area contributed by atoms with E-state index in [0.29, 0.717) is 13.2 Å². The van der Waals surface area contributed by atoms with Crippen LogP contribution in [-0.4, -0.2) is 37.6 Å². The predicted molar refractivity (Wildman–Crippen MR) is 36.9 cm³/mol. The van der Waals surface area contributed by atoms with Gasteiger partial charge in [0.1, 0.15) is 0 Å². The second kappa shape index (κ2) is 4.66. The molecule has 3 nitrogen and oxygen atoms in total. The van der Waals surface area contributed by atoms with Crippen LogP contribution in [-0.2, 0) is 9.47 Å². The zero-order chi connectivity index (χ0) is 7.23. The molecule has 0 bridgehead atoms. The van der Waals surface area contributed by atoms with E-state index >= 15 is 0 Å². The first-order valence-corrected chi connectivity index (χ1v) is 3.73. The number of rotatable bonds is 3. The third-order valence-electron chi connectivity index (χ3n) is 1.57. The molecule has 1 atom stereocenters. The van der Waals surface area contributed by atoms with Gasteiger partial charge in [0.2, 0.25) is 0 Å². The summed E-state index contributed by atoms with van der Waals surface area (Å²) in [7, 11) is 0. The van der Waals surface area contributed by atoms with E-state index < -0.39 is 0 Å². The Hall–Kier alpha value is -0.120. The van der Waals surface area contributed by atoms with Crippen LogP contribution in [0.5, 0.6) is 0 Å². The van der Waals surface area contributed by atoms with Gasteiger partial charge >= 0.3 is 0 Å². The van der Waals surface area contributed by atoms with Crippen LogP contribution in [0.2, 0.25) is 0 Å². The summed E-state index contributed by atoms with van der Waals surface area (Å²) in [4.78, 5) is 0. The highest BCUT2D eigenvalue weighted by molar-refractivity contribution is 4.59. The molecule has 1 unspecified atom stereocenters. The molecule has 0 spiro atoms. The van der Waals surface area contributed by atoms with Crippen LogP contribution < -0.4 is 0 Å². The van der Waals surface area contributed by atoms with Gasteiger partial charge in [0.15, 0.2) is 0 Å². The lowest BCUT2D eigenvalue weighted by atomic mass is 10.2. The number of aliphatic hydroxyl groups excluding tert-OH is 1. The van der Waals surface area contributed by atoms with Gasteiger partial charge in [0, 0.05) is 6.61 Å². The fourth-order valence-corrected chi connectivity index (χ4v) is 1.02. The van der Waals surface area contributed by atoms with Gasteiger partial charge in [0.25, 0.3) is 0 Å². The lowest BCUT2D eigenvalue weighted by molar-refractivity contribution is -0.0919. The molecule has 0 saturated carbocycles. The van der Waals surface area contributed by atoms with Crippen LogP contribution in [0.3, 0.4) is 0 Å². The first-order valence-electron chi connectivity index (χ1n) is 3.73. The third kappa shape index (κ3) is 2.64. The molecule has 0 radical (unpaired) electrons. The second-order valence-electron chi connectivity index (χ2n) is 2.43. The van der Waals surface area contributed by atoms with Crippen molar-refractivity contribution in [1.29, 1.82) is 0 Å². The molecule has 3 heteroatoms. The fourth-order valence-electron chi connectivity index (χ4n) is 1.02. The summed E-state index contributed by atoms with van der Waals surface area (Å²) < 4.78 is 10.5. The van der Waals surface area contributed by atoms with Crippen LogP contribution >= 0.6 is 0 Å². The molecule has 0 aromatic heterocycles. The molecule has 0 amide bonds. The summed E-state index contributed by atoms with van der Waals surface area (Å²) in [6.07, 6.45) is 1.95. The second-order valence-corrected chi connectivity index (χ2v) is 2.43. The van der Waals surface area contributed by atoms with Crippen molar-refractivity contribution in [2.24, 2.45) is 0 Å². The average molecular weight is 146 g/mol. The Kier molecular flexibility index (Phi) is 3.72. The van der Waals surface area contributed by atoms with Crippen molar-refractivity contribution in [3.05, 3.63) is 0 Å². The Balaban J connectivity index is 2.02. The van der Waals surface area contributed by atoms with Crippen molar-refractivity contribution in [2.75, 3.05) is 26.4 Å². The first-order chi connectivity index (χ1) is 4.93. The molecule has 1 aliphatic rings. The molecule has 1 N–H and O–H groups in total. The van der Waals surface area contributed by atoms with Crippen LogP contribution in [0, 0.1) is 0 Å². The minimum Gasteiger partial charge on any atom is -0.396 e. The molecule has 0 aliphatic carbocycles. The van der Waals surface area contributed by atoms with Crippen LogP contribution in [0.1, 0.15) is 12.8 Å². The zero-order valence-corrected chi connectivity index (χ0v) is 6.08. The molecule has 10 heavy (non-hydrogen) atoms. The maximum atomic E-state index is 8.50. The van der Waals surface area contributed by atoms with E-state index in [9.17, 15) is 0 Å². The highest BCUT2D eigenvalue weighted by Crippen LogP contribution is 2.06. The van der Waals surface area contributed by atoms with Gasteiger partial charge in [-0.15, -0.1) is 0 Å². The van der Waals surface area contributed by atoms with Crippen LogP contribution in [0.15, 0.2) is 0 Å². The van der Waals surface area contributed by atoms with E-state index in [2.05, 4.69) is 0 Å². The standard InChI is InChI=1S/C7H14O3/c8-3-1-2-7-6-9-4-5-10-7/h7-8H,1-6H2. The molecule has 1 heterocycles. The smallest absolute Gasteiger partial charge is 0.0810 e. The normalized spacial score (nSPS) is 26.7. The summed E-state index contributed by atoms with van der Waals surface area (Å²) in [5, 5.41) is 8.50. The van der Waals surface area contributed by atoms with Crippen molar-refractivity contribution >= 4 is 0 Å². The number of aliphatic hydroxyl groups is 1. The molecule has 1 fully saturated rings. The Morgan fingerprint density at radius 3 is 2.90 bits per heavy atom. The summed E-state index contributed by atoms with van der Waals surface area (Å²) in [5.74, 6) is 0. The molecular weight excluding hydrogens is 132 g/mol. The van der Waals surface area contributed by atoms with E-state index in [1.165, 1.54) is 0 Å². The topological polar surface area (TPSA) is 38.7 Å². The van der Waals surface area contributed by atoms with E-state index in [1.807, 2.05) is 0 Å². The molecule has 0 aromatic rings. The van der Waals surface area contributed by atoms with Crippen molar-refractivity contribution in [2.45, 2.75) is 18.9 Å². The maximum Gasteiger partial charge on any atom is 0.0810 e. The molecule has 1 aliphatic heterocycles. The Morgan fingerprint density at radius 1 is 1.40 bits per heavy atom. The lowest BCUT2D eigenvalue weighted by Crippen LogP contribution is -2.28. The minimum atomic E-state index is 0.223. The average Bonchev–Trinajstić information content (AvgIpc) is 2.03. The first kappa shape index (κ1) is 7.98. The summed E-state index contributed by atoms with van der Waals surface area (Å²) in [6, 6.07) is 0. The number of ether oxygens (including phenoxy) is 2. The van der Waals surface area contributed by atoms with Crippen LogP contribution in [0.25, 0.3) is 0 Å². The van der Waals surface area contributed by atoms with Crippen molar-refractivity contribution in [1.82, 2.24) is 0 Å². The number of hydrogen-bond acceptors (Lipinski definition) is 3. The molecule has 1 rings (SSSR count). The van der Waals surface area contributed by atoms with Gasteiger partial charge in [-0.3, -0.25) is 0 Å². The highest BCUT2D eigenvalue weighted by Gasteiger charge is 2.12. The van der Waals surface area contributed by atoms with Gasteiger partial charge in [0.05, 0.1) is 25.9 Å². The van der Waals surface area contributed by atoms with Crippen molar-refractivity contribution in [3.63, 3.8) is 0 Å². The van der Waals surface area contributed by atoms with Gasteiger partial charge in [-0.25, -0.2) is 0 Å². The van der Waals surface area contributed by atoms with E-state index in [0.717, 1.165) is 19.4 Å². The van der Waals surface area contributed by atoms with Crippen molar-refractivity contribution in [3.8, 4) is 0 Å². The summed E-state index contributed by atoms with van der Waals surface area (Å²) >= 11 is 0.